The summed E-state index contributed by atoms with van der Waals surface area (Å²) in [7, 11) is 0. The number of nitrogens with one attached hydrogen (secondary N) is 3. The SMILES string of the molecule is CCC(C)C(N)C(=O)NCC(=O)N1CCCC1C(=O)NC(Cc1cnc[nH]1)C(=O)O. The molecule has 2 rings (SSSR count). The van der Waals surface area contributed by atoms with E-state index in [1.165, 1.54) is 17.4 Å². The lowest BCUT2D eigenvalue weighted by atomic mass is 9.99. The fraction of sp³-hybridized carbons (Fsp3) is 0.632. The van der Waals surface area contributed by atoms with Gasteiger partial charge in [0.05, 0.1) is 18.9 Å². The van der Waals surface area contributed by atoms with Gasteiger partial charge in [0, 0.05) is 24.9 Å². The van der Waals surface area contributed by atoms with Crippen LogP contribution in [0.1, 0.15) is 38.8 Å². The highest BCUT2D eigenvalue weighted by Gasteiger charge is 2.36. The molecule has 1 fully saturated rings. The van der Waals surface area contributed by atoms with E-state index in [2.05, 4.69) is 20.6 Å². The van der Waals surface area contributed by atoms with Gasteiger partial charge in [-0.15, -0.1) is 0 Å². The van der Waals surface area contributed by atoms with Crippen LogP contribution in [0.4, 0.5) is 0 Å². The quantitative estimate of drug-likeness (QED) is 0.322. The van der Waals surface area contributed by atoms with Crippen molar-refractivity contribution in [3.63, 3.8) is 0 Å². The zero-order valence-electron chi connectivity index (χ0n) is 17.3. The minimum Gasteiger partial charge on any atom is -0.480 e. The average molecular weight is 422 g/mol. The van der Waals surface area contributed by atoms with E-state index in [0.717, 1.165) is 6.42 Å². The van der Waals surface area contributed by atoms with Gasteiger partial charge in [0.25, 0.3) is 0 Å². The van der Waals surface area contributed by atoms with Gasteiger partial charge in [0.15, 0.2) is 0 Å². The third-order valence-corrected chi connectivity index (χ3v) is 5.44. The van der Waals surface area contributed by atoms with E-state index >= 15 is 0 Å². The monoisotopic (exact) mass is 422 g/mol. The second kappa shape index (κ2) is 10.7. The topological polar surface area (TPSA) is 171 Å². The summed E-state index contributed by atoms with van der Waals surface area (Å²) >= 11 is 0. The number of likely N-dealkylation sites (tertiary alicyclic amines) is 1. The Labute approximate surface area is 174 Å². The second-order valence-electron chi connectivity index (χ2n) is 7.55. The lowest BCUT2D eigenvalue weighted by Crippen LogP contribution is -2.54. The van der Waals surface area contributed by atoms with Gasteiger partial charge in [-0.2, -0.15) is 0 Å². The standard InChI is InChI=1S/C19H30N6O5/c1-3-11(2)16(20)18(28)22-9-15(26)25-6-4-5-14(25)17(27)24-13(19(29)30)7-12-8-21-10-23-12/h8,10-11,13-14,16H,3-7,9,20H2,1-2H3,(H,21,23)(H,22,28)(H,24,27)(H,29,30). The molecule has 4 atom stereocenters. The normalized spacial score (nSPS) is 19.0. The van der Waals surface area contributed by atoms with E-state index in [-0.39, 0.29) is 18.9 Å². The number of amides is 3. The maximum Gasteiger partial charge on any atom is 0.326 e. The second-order valence-corrected chi connectivity index (χ2v) is 7.55. The maximum atomic E-state index is 12.7. The predicted molar refractivity (Wildman–Crippen MR) is 107 cm³/mol. The molecule has 30 heavy (non-hydrogen) atoms. The smallest absolute Gasteiger partial charge is 0.326 e. The molecule has 166 valence electrons. The van der Waals surface area contributed by atoms with E-state index in [1.54, 1.807) is 0 Å². The summed E-state index contributed by atoms with van der Waals surface area (Å²) in [6.45, 7) is 3.88. The highest BCUT2D eigenvalue weighted by molar-refractivity contribution is 5.93. The van der Waals surface area contributed by atoms with Crippen LogP contribution >= 0.6 is 0 Å². The van der Waals surface area contributed by atoms with Gasteiger partial charge in [-0.1, -0.05) is 20.3 Å². The fourth-order valence-electron chi connectivity index (χ4n) is 3.32. The maximum absolute atomic E-state index is 12.7. The Balaban J connectivity index is 1.93. The number of H-pyrrole nitrogens is 1. The van der Waals surface area contributed by atoms with Crippen molar-refractivity contribution in [1.29, 1.82) is 0 Å². The van der Waals surface area contributed by atoms with E-state index < -0.39 is 41.8 Å². The summed E-state index contributed by atoms with van der Waals surface area (Å²) in [5.41, 5.74) is 6.43. The molecule has 0 aromatic carbocycles. The van der Waals surface area contributed by atoms with Crippen LogP contribution in [0.25, 0.3) is 0 Å². The van der Waals surface area contributed by atoms with Gasteiger partial charge in [-0.05, 0) is 18.8 Å². The van der Waals surface area contributed by atoms with Crippen molar-refractivity contribution in [2.45, 2.75) is 57.7 Å². The Hall–Kier alpha value is -2.95. The molecule has 0 radical (unpaired) electrons. The fourth-order valence-corrected chi connectivity index (χ4v) is 3.32. The van der Waals surface area contributed by atoms with E-state index in [1.807, 2.05) is 13.8 Å². The molecule has 0 aliphatic carbocycles. The number of nitrogens with zero attached hydrogens (tertiary/aromatic N) is 2. The molecule has 4 unspecified atom stereocenters. The highest BCUT2D eigenvalue weighted by Crippen LogP contribution is 2.18. The molecule has 11 nitrogen and oxygen atoms in total. The van der Waals surface area contributed by atoms with Gasteiger partial charge >= 0.3 is 5.97 Å². The Kier molecular flexibility index (Phi) is 8.34. The van der Waals surface area contributed by atoms with Crippen LogP contribution in [0.15, 0.2) is 12.5 Å². The number of hydrogen-bond acceptors (Lipinski definition) is 6. The molecule has 1 aromatic heterocycles. The van der Waals surface area contributed by atoms with Crippen molar-refractivity contribution in [3.8, 4) is 0 Å². The number of aliphatic carboxylic acids is 1. The zero-order valence-corrected chi connectivity index (χ0v) is 17.3. The Morgan fingerprint density at radius 1 is 1.40 bits per heavy atom. The summed E-state index contributed by atoms with van der Waals surface area (Å²) in [5.74, 6) is -2.55. The molecule has 0 spiro atoms. The number of nitrogens with two attached hydrogens (primary N) is 1. The number of hydrogen-bond donors (Lipinski definition) is 5. The summed E-state index contributed by atoms with van der Waals surface area (Å²) < 4.78 is 0. The third kappa shape index (κ3) is 6.02. The minimum absolute atomic E-state index is 0.0201. The lowest BCUT2D eigenvalue weighted by Gasteiger charge is -2.26. The Morgan fingerprint density at radius 2 is 2.13 bits per heavy atom. The summed E-state index contributed by atoms with van der Waals surface area (Å²) in [5, 5.41) is 14.4. The first-order chi connectivity index (χ1) is 14.2. The van der Waals surface area contributed by atoms with Crippen LogP contribution in [0.3, 0.4) is 0 Å². The number of carboxylic acids is 1. The van der Waals surface area contributed by atoms with Gasteiger partial charge in [0.2, 0.25) is 17.7 Å². The zero-order chi connectivity index (χ0) is 22.3. The number of carbonyl (C=O) groups excluding carboxylic acids is 3. The van der Waals surface area contributed by atoms with Crippen molar-refractivity contribution < 1.29 is 24.3 Å². The molecule has 2 heterocycles. The van der Waals surface area contributed by atoms with Crippen molar-refractivity contribution in [1.82, 2.24) is 25.5 Å². The largest absolute Gasteiger partial charge is 0.480 e. The molecule has 6 N–H and O–H groups in total. The summed E-state index contributed by atoms with van der Waals surface area (Å²) in [6, 6.07) is -2.63. The minimum atomic E-state index is -1.18. The van der Waals surface area contributed by atoms with Crippen LogP contribution in [0.2, 0.25) is 0 Å². The lowest BCUT2D eigenvalue weighted by molar-refractivity contribution is -0.144. The number of aromatic nitrogens is 2. The van der Waals surface area contributed by atoms with Crippen molar-refractivity contribution in [3.05, 3.63) is 18.2 Å². The number of imidazole rings is 1. The van der Waals surface area contributed by atoms with Gasteiger partial charge in [0.1, 0.15) is 12.1 Å². The molecule has 1 saturated heterocycles. The summed E-state index contributed by atoms with van der Waals surface area (Å²) in [6.07, 6.45) is 4.73. The number of rotatable bonds is 10. The molecule has 11 heteroatoms. The summed E-state index contributed by atoms with van der Waals surface area (Å²) in [4.78, 5) is 56.9. The first-order valence-corrected chi connectivity index (χ1v) is 10.1. The molecular formula is C19H30N6O5. The van der Waals surface area contributed by atoms with Gasteiger partial charge in [-0.25, -0.2) is 9.78 Å². The van der Waals surface area contributed by atoms with E-state index in [4.69, 9.17) is 5.73 Å². The van der Waals surface area contributed by atoms with Crippen molar-refractivity contribution in [2.75, 3.05) is 13.1 Å². The van der Waals surface area contributed by atoms with Crippen molar-refractivity contribution >= 4 is 23.7 Å². The third-order valence-electron chi connectivity index (χ3n) is 5.44. The first-order valence-electron chi connectivity index (χ1n) is 10.1. The molecule has 1 aliphatic rings. The van der Waals surface area contributed by atoms with Gasteiger partial charge in [-0.3, -0.25) is 14.4 Å². The van der Waals surface area contributed by atoms with Crippen LogP contribution in [0, 0.1) is 5.92 Å². The Bertz CT molecular complexity index is 753. The average Bonchev–Trinajstić information content (AvgIpc) is 3.41. The predicted octanol–water partition coefficient (Wildman–Crippen LogP) is -0.998. The van der Waals surface area contributed by atoms with Crippen LogP contribution in [-0.4, -0.2) is 74.9 Å². The number of carboxylic acid groups (broad SMARTS) is 1. The Morgan fingerprint density at radius 3 is 2.73 bits per heavy atom. The number of carbonyl (C=O) groups is 4. The molecule has 1 aliphatic heterocycles. The van der Waals surface area contributed by atoms with Crippen LogP contribution in [-0.2, 0) is 25.6 Å². The van der Waals surface area contributed by atoms with Crippen LogP contribution in [0.5, 0.6) is 0 Å². The molecule has 1 aromatic rings. The van der Waals surface area contributed by atoms with E-state index in [9.17, 15) is 24.3 Å². The highest BCUT2D eigenvalue weighted by atomic mass is 16.4. The van der Waals surface area contributed by atoms with Crippen molar-refractivity contribution in [2.24, 2.45) is 11.7 Å². The molecule has 3 amide bonds. The van der Waals surface area contributed by atoms with Crippen LogP contribution < -0.4 is 16.4 Å². The molecule has 0 bridgehead atoms. The molecular weight excluding hydrogens is 392 g/mol. The first kappa shape index (κ1) is 23.3. The number of aromatic amines is 1. The van der Waals surface area contributed by atoms with Gasteiger partial charge < -0.3 is 31.4 Å². The molecule has 0 saturated carbocycles. The van der Waals surface area contributed by atoms with E-state index in [0.29, 0.717) is 25.1 Å².